The summed E-state index contributed by atoms with van der Waals surface area (Å²) in [5.41, 5.74) is 3.12. The summed E-state index contributed by atoms with van der Waals surface area (Å²) in [5.74, 6) is 0.648. The van der Waals surface area contributed by atoms with Crippen LogP contribution in [0.25, 0.3) is 0 Å². The van der Waals surface area contributed by atoms with E-state index in [0.29, 0.717) is 5.92 Å². The van der Waals surface area contributed by atoms with E-state index in [0.717, 1.165) is 12.8 Å². The summed E-state index contributed by atoms with van der Waals surface area (Å²) in [7, 11) is 0. The first-order valence-corrected chi connectivity index (χ1v) is 6.32. The van der Waals surface area contributed by atoms with Crippen LogP contribution in [-0.4, -0.2) is 3.21 Å². The second kappa shape index (κ2) is 4.49. The summed E-state index contributed by atoms with van der Waals surface area (Å²) >= 11 is 1.57. The second-order valence-corrected chi connectivity index (χ2v) is 5.16. The van der Waals surface area contributed by atoms with Gasteiger partial charge >= 0.3 is 101 Å². The van der Waals surface area contributed by atoms with Crippen LogP contribution in [0.2, 0.25) is 0 Å². The van der Waals surface area contributed by atoms with Crippen LogP contribution in [0.1, 0.15) is 19.8 Å². The molecule has 0 saturated carbocycles. The average Bonchev–Trinajstić information content (AvgIpc) is 2.87. The molecule has 14 heavy (non-hydrogen) atoms. The Bertz CT molecular complexity index is 367. The zero-order valence-corrected chi connectivity index (χ0v) is 10.9. The quantitative estimate of drug-likeness (QED) is 0.732. The third-order valence-corrected chi connectivity index (χ3v) is 4.76. The predicted molar refractivity (Wildman–Crippen MR) is 57.9 cm³/mol. The zero-order chi connectivity index (χ0) is 9.97. The fourth-order valence-electron chi connectivity index (χ4n) is 1.90. The van der Waals surface area contributed by atoms with Crippen LogP contribution in [0, 0.1) is 5.92 Å². The van der Waals surface area contributed by atoms with Crippen molar-refractivity contribution in [2.45, 2.75) is 19.8 Å². The molecule has 0 amide bonds. The fraction of sp³-hybridized carbons (Fsp3) is 0.308. The van der Waals surface area contributed by atoms with Gasteiger partial charge in [-0.15, -0.1) is 0 Å². The minimum absolute atomic E-state index is 0.648. The van der Waals surface area contributed by atoms with Gasteiger partial charge < -0.3 is 0 Å². The SMILES string of the molecule is CC([C](=[Zr])C1=CC=CC1)C1=CC=CC1. The van der Waals surface area contributed by atoms with Gasteiger partial charge in [-0.05, 0) is 0 Å². The fourth-order valence-corrected chi connectivity index (χ4v) is 2.81. The van der Waals surface area contributed by atoms with Crippen molar-refractivity contribution in [1.82, 2.24) is 0 Å². The third kappa shape index (κ3) is 2.03. The van der Waals surface area contributed by atoms with Gasteiger partial charge in [0.05, 0.1) is 0 Å². The molecule has 1 atom stereocenters. The van der Waals surface area contributed by atoms with E-state index >= 15 is 0 Å². The Morgan fingerprint density at radius 3 is 2.50 bits per heavy atom. The van der Waals surface area contributed by atoms with E-state index in [4.69, 9.17) is 0 Å². The van der Waals surface area contributed by atoms with Gasteiger partial charge in [-0.2, -0.15) is 0 Å². The van der Waals surface area contributed by atoms with E-state index in [1.54, 1.807) is 38.6 Å². The number of allylic oxidation sites excluding steroid dienone is 8. The van der Waals surface area contributed by atoms with Crippen molar-refractivity contribution >= 4 is 3.21 Å². The van der Waals surface area contributed by atoms with Gasteiger partial charge in [-0.25, -0.2) is 0 Å². The van der Waals surface area contributed by atoms with Crippen LogP contribution < -0.4 is 0 Å². The van der Waals surface area contributed by atoms with Crippen LogP contribution in [0.15, 0.2) is 47.6 Å². The summed E-state index contributed by atoms with van der Waals surface area (Å²) in [6, 6.07) is 0. The second-order valence-electron chi connectivity index (χ2n) is 3.83. The molecule has 1 unspecified atom stereocenters. The first kappa shape index (κ1) is 10.2. The number of rotatable bonds is 3. The Labute approximate surface area is 100 Å². The summed E-state index contributed by atoms with van der Waals surface area (Å²) < 4.78 is 1.62. The molecule has 0 aromatic heterocycles. The summed E-state index contributed by atoms with van der Waals surface area (Å²) in [5, 5.41) is 0. The van der Waals surface area contributed by atoms with Gasteiger partial charge in [-0.1, -0.05) is 0 Å². The van der Waals surface area contributed by atoms with Crippen LogP contribution in [0.5, 0.6) is 0 Å². The molecule has 0 nitrogen and oxygen atoms in total. The molecule has 0 aliphatic heterocycles. The molecule has 70 valence electrons. The molecule has 0 heterocycles. The Balaban J connectivity index is 2.05. The summed E-state index contributed by atoms with van der Waals surface area (Å²) in [4.78, 5) is 0. The molecule has 0 radical (unpaired) electrons. The first-order valence-electron chi connectivity index (χ1n) is 5.09. The Hall–Kier alpha value is -0.287. The van der Waals surface area contributed by atoms with E-state index in [1.165, 1.54) is 0 Å². The van der Waals surface area contributed by atoms with Gasteiger partial charge in [0.25, 0.3) is 0 Å². The van der Waals surface area contributed by atoms with Crippen LogP contribution >= 0.6 is 0 Å². The molecule has 2 aliphatic rings. The van der Waals surface area contributed by atoms with E-state index in [-0.39, 0.29) is 0 Å². The van der Waals surface area contributed by atoms with Crippen molar-refractivity contribution in [3.63, 3.8) is 0 Å². The third-order valence-electron chi connectivity index (χ3n) is 2.91. The van der Waals surface area contributed by atoms with Gasteiger partial charge in [0, 0.05) is 0 Å². The van der Waals surface area contributed by atoms with Crippen molar-refractivity contribution in [3.8, 4) is 0 Å². The standard InChI is InChI=1S/C13H14.Zr/c1-11(13-8-4-5-9-13)10-12-6-2-3-7-12;/h2-6,8,11H,7,9H2,1H3;. The molecule has 0 N–H and O–H groups in total. The summed E-state index contributed by atoms with van der Waals surface area (Å²) in [6.45, 7) is 2.34. The van der Waals surface area contributed by atoms with E-state index in [1.807, 2.05) is 0 Å². The Kier molecular flexibility index (Phi) is 3.28. The van der Waals surface area contributed by atoms with Crippen molar-refractivity contribution in [2.24, 2.45) is 5.92 Å². The first-order chi connectivity index (χ1) is 6.79. The minimum atomic E-state index is 0.648. The number of hydrogen-bond acceptors (Lipinski definition) is 0. The zero-order valence-electron chi connectivity index (χ0n) is 8.46. The molecule has 0 fully saturated rings. The number of hydrogen-bond donors (Lipinski definition) is 0. The molecule has 2 aliphatic carbocycles. The molecule has 0 spiro atoms. The molecule has 0 saturated heterocycles. The van der Waals surface area contributed by atoms with E-state index in [9.17, 15) is 0 Å². The van der Waals surface area contributed by atoms with Crippen LogP contribution in [-0.2, 0) is 24.2 Å². The normalized spacial score (nSPS) is 20.9. The molecular formula is C13H14Zr. The molecular weight excluding hydrogens is 247 g/mol. The Morgan fingerprint density at radius 1 is 1.21 bits per heavy atom. The van der Waals surface area contributed by atoms with Gasteiger partial charge in [-0.3, -0.25) is 0 Å². The monoisotopic (exact) mass is 260 g/mol. The van der Waals surface area contributed by atoms with E-state index < -0.39 is 0 Å². The van der Waals surface area contributed by atoms with Crippen molar-refractivity contribution in [1.29, 1.82) is 0 Å². The molecule has 0 bridgehead atoms. The van der Waals surface area contributed by atoms with Crippen molar-refractivity contribution in [3.05, 3.63) is 47.6 Å². The van der Waals surface area contributed by atoms with Crippen molar-refractivity contribution < 1.29 is 24.2 Å². The van der Waals surface area contributed by atoms with Gasteiger partial charge in [0.2, 0.25) is 0 Å². The molecule has 2 rings (SSSR count). The summed E-state index contributed by atoms with van der Waals surface area (Å²) in [6.07, 6.45) is 15.7. The van der Waals surface area contributed by atoms with Crippen LogP contribution in [0.4, 0.5) is 0 Å². The molecule has 0 aromatic rings. The average molecular weight is 261 g/mol. The Morgan fingerprint density at radius 2 is 1.93 bits per heavy atom. The van der Waals surface area contributed by atoms with E-state index in [2.05, 4.69) is 43.4 Å². The molecule has 0 aromatic carbocycles. The van der Waals surface area contributed by atoms with Gasteiger partial charge in [0.1, 0.15) is 0 Å². The topological polar surface area (TPSA) is 0 Å². The van der Waals surface area contributed by atoms with Gasteiger partial charge in [0.15, 0.2) is 0 Å². The van der Waals surface area contributed by atoms with Crippen LogP contribution in [0.3, 0.4) is 0 Å². The maximum absolute atomic E-state index is 2.34. The maximum atomic E-state index is 2.34. The van der Waals surface area contributed by atoms with Crippen molar-refractivity contribution in [2.75, 3.05) is 0 Å². The predicted octanol–water partition coefficient (Wildman–Crippen LogP) is 3.11. The molecule has 1 heteroatoms.